The topological polar surface area (TPSA) is 55.3 Å². The number of hydrogen-bond donors (Lipinski definition) is 0. The Morgan fingerprint density at radius 2 is 1.96 bits per heavy atom. The first-order chi connectivity index (χ1) is 12.7. The minimum atomic E-state index is 0.213. The van der Waals surface area contributed by atoms with Crippen LogP contribution in [0.4, 0.5) is 0 Å². The van der Waals surface area contributed by atoms with Gasteiger partial charge in [0.2, 0.25) is 5.91 Å². The van der Waals surface area contributed by atoms with Gasteiger partial charge in [-0.05, 0) is 43.9 Å². The second-order valence-corrected chi connectivity index (χ2v) is 9.61. The first kappa shape index (κ1) is 19.5. The molecule has 26 heavy (non-hydrogen) atoms. The van der Waals surface area contributed by atoms with Crippen molar-refractivity contribution in [3.8, 4) is 5.75 Å². The van der Waals surface area contributed by atoms with Crippen LogP contribution in [0.3, 0.4) is 0 Å². The molecule has 1 atom stereocenters. The average Bonchev–Trinajstić information content (AvgIpc) is 3.13. The van der Waals surface area contributed by atoms with Gasteiger partial charge in [-0.15, -0.1) is 10.2 Å². The van der Waals surface area contributed by atoms with E-state index in [-0.39, 0.29) is 5.91 Å². The zero-order valence-electron chi connectivity index (χ0n) is 15.0. The van der Waals surface area contributed by atoms with Crippen LogP contribution in [0.1, 0.15) is 31.7 Å². The van der Waals surface area contributed by atoms with E-state index in [9.17, 15) is 4.79 Å². The molecule has 1 aromatic heterocycles. The van der Waals surface area contributed by atoms with Crippen molar-refractivity contribution in [2.75, 3.05) is 19.4 Å². The van der Waals surface area contributed by atoms with E-state index in [1.807, 2.05) is 17.0 Å². The Bertz CT molecular complexity index is 721. The molecule has 1 aliphatic heterocycles. The van der Waals surface area contributed by atoms with Crippen molar-refractivity contribution in [2.45, 2.75) is 46.7 Å². The summed E-state index contributed by atoms with van der Waals surface area (Å²) in [6.07, 6.45) is 3.45. The molecule has 5 nitrogen and oxygen atoms in total. The summed E-state index contributed by atoms with van der Waals surface area (Å²) in [5, 5.41) is 8.44. The van der Waals surface area contributed by atoms with Crippen LogP contribution in [0.5, 0.6) is 5.75 Å². The Balaban J connectivity index is 1.46. The molecule has 0 N–H and O–H groups in total. The fourth-order valence-corrected chi connectivity index (χ4v) is 5.72. The first-order valence-corrected chi connectivity index (χ1v) is 11.5. The van der Waals surface area contributed by atoms with Crippen molar-refractivity contribution in [1.29, 1.82) is 0 Å². The van der Waals surface area contributed by atoms with Crippen molar-refractivity contribution in [3.63, 3.8) is 0 Å². The molecule has 1 saturated heterocycles. The molecule has 0 aliphatic carbocycles. The van der Waals surface area contributed by atoms with Gasteiger partial charge in [0.05, 0.1) is 12.9 Å². The van der Waals surface area contributed by atoms with Gasteiger partial charge in [-0.2, -0.15) is 0 Å². The highest BCUT2D eigenvalue weighted by atomic mass is 32.2. The zero-order valence-corrected chi connectivity index (χ0v) is 17.5. The van der Waals surface area contributed by atoms with E-state index in [2.05, 4.69) is 29.3 Å². The van der Waals surface area contributed by atoms with Crippen molar-refractivity contribution in [2.24, 2.45) is 0 Å². The fraction of sp³-hybridized carbons (Fsp3) is 0.500. The third-order valence-corrected chi connectivity index (χ3v) is 7.60. The lowest BCUT2D eigenvalue weighted by Gasteiger charge is -2.33. The van der Waals surface area contributed by atoms with Gasteiger partial charge < -0.3 is 9.64 Å². The Morgan fingerprint density at radius 1 is 1.23 bits per heavy atom. The van der Waals surface area contributed by atoms with Gasteiger partial charge >= 0.3 is 0 Å². The van der Waals surface area contributed by atoms with Crippen LogP contribution in [-0.2, 0) is 10.5 Å². The second kappa shape index (κ2) is 9.62. The number of piperidine rings is 1. The maximum Gasteiger partial charge on any atom is 0.233 e. The van der Waals surface area contributed by atoms with Crippen LogP contribution in [0.15, 0.2) is 32.9 Å². The minimum absolute atomic E-state index is 0.213. The third kappa shape index (κ3) is 5.37. The predicted octanol–water partition coefficient (Wildman–Crippen LogP) is 4.33. The van der Waals surface area contributed by atoms with E-state index < -0.39 is 0 Å². The summed E-state index contributed by atoms with van der Waals surface area (Å²) in [7, 11) is 1.67. The Labute approximate surface area is 166 Å². The Kier molecular flexibility index (Phi) is 7.22. The number of carbonyl (C=O) groups excluding carboxylic acids is 1. The Hall–Kier alpha value is -1.25. The number of methoxy groups -OCH3 is 1. The lowest BCUT2D eigenvalue weighted by Crippen LogP contribution is -2.42. The number of amides is 1. The van der Waals surface area contributed by atoms with E-state index in [4.69, 9.17) is 4.74 Å². The number of carbonyl (C=O) groups is 1. The second-order valence-electron chi connectivity index (χ2n) is 6.19. The van der Waals surface area contributed by atoms with Crippen LogP contribution in [-0.4, -0.2) is 46.5 Å². The smallest absolute Gasteiger partial charge is 0.233 e. The number of likely N-dealkylation sites (tertiary alicyclic amines) is 1. The van der Waals surface area contributed by atoms with Crippen molar-refractivity contribution >= 4 is 40.8 Å². The highest BCUT2D eigenvalue weighted by molar-refractivity contribution is 8.03. The average molecular weight is 410 g/mol. The molecular formula is C18H23N3O2S3. The molecule has 1 aromatic carbocycles. The molecular weight excluding hydrogens is 386 g/mol. The van der Waals surface area contributed by atoms with Crippen LogP contribution in [0.25, 0.3) is 0 Å². The molecule has 2 heterocycles. The van der Waals surface area contributed by atoms with Crippen molar-refractivity contribution in [1.82, 2.24) is 15.1 Å². The van der Waals surface area contributed by atoms with Gasteiger partial charge in [0.1, 0.15) is 5.75 Å². The summed E-state index contributed by atoms with van der Waals surface area (Å²) in [5.41, 5.74) is 1.22. The first-order valence-electron chi connectivity index (χ1n) is 8.67. The summed E-state index contributed by atoms with van der Waals surface area (Å²) in [6, 6.07) is 8.40. The van der Waals surface area contributed by atoms with Crippen LogP contribution < -0.4 is 4.74 Å². The van der Waals surface area contributed by atoms with E-state index >= 15 is 0 Å². The van der Waals surface area contributed by atoms with Gasteiger partial charge in [0.25, 0.3) is 0 Å². The van der Waals surface area contributed by atoms with E-state index in [1.165, 1.54) is 23.7 Å². The number of benzene rings is 1. The largest absolute Gasteiger partial charge is 0.497 e. The number of ether oxygens (including phenoxy) is 1. The minimum Gasteiger partial charge on any atom is -0.497 e. The van der Waals surface area contributed by atoms with Crippen LogP contribution in [0.2, 0.25) is 0 Å². The normalized spacial score (nSPS) is 17.3. The molecule has 8 heteroatoms. The SMILES string of the molecule is COc1ccc(CSc2nnc(SCC(=O)N3CCCC[C@@H]3C)s2)cc1. The number of nitrogens with zero attached hydrogens (tertiary/aromatic N) is 3. The number of aromatic nitrogens is 2. The van der Waals surface area contributed by atoms with Crippen LogP contribution >= 0.6 is 34.9 Å². The van der Waals surface area contributed by atoms with Gasteiger partial charge in [0.15, 0.2) is 8.68 Å². The summed E-state index contributed by atoms with van der Waals surface area (Å²) >= 11 is 4.72. The molecule has 0 radical (unpaired) electrons. The van der Waals surface area contributed by atoms with Gasteiger partial charge in [0, 0.05) is 18.3 Å². The lowest BCUT2D eigenvalue weighted by atomic mass is 10.0. The molecule has 1 amide bonds. The van der Waals surface area contributed by atoms with E-state index in [0.29, 0.717) is 11.8 Å². The highest BCUT2D eigenvalue weighted by Gasteiger charge is 2.23. The quantitative estimate of drug-likeness (QED) is 0.635. The summed E-state index contributed by atoms with van der Waals surface area (Å²) in [6.45, 7) is 3.03. The lowest BCUT2D eigenvalue weighted by molar-refractivity contribution is -0.131. The van der Waals surface area contributed by atoms with Gasteiger partial charge in [-0.25, -0.2) is 0 Å². The van der Waals surface area contributed by atoms with Crippen molar-refractivity contribution < 1.29 is 9.53 Å². The molecule has 2 aromatic rings. The molecule has 140 valence electrons. The maximum atomic E-state index is 12.4. The predicted molar refractivity (Wildman–Crippen MR) is 108 cm³/mol. The molecule has 3 rings (SSSR count). The van der Waals surface area contributed by atoms with Gasteiger partial charge in [-0.3, -0.25) is 4.79 Å². The molecule has 1 fully saturated rings. The number of thioether (sulfide) groups is 2. The highest BCUT2D eigenvalue weighted by Crippen LogP contribution is 2.31. The Morgan fingerprint density at radius 3 is 2.65 bits per heavy atom. The summed E-state index contributed by atoms with van der Waals surface area (Å²) in [4.78, 5) is 14.4. The van der Waals surface area contributed by atoms with Gasteiger partial charge in [-0.1, -0.05) is 47.0 Å². The van der Waals surface area contributed by atoms with Crippen molar-refractivity contribution in [3.05, 3.63) is 29.8 Å². The van der Waals surface area contributed by atoms with E-state index in [0.717, 1.165) is 39.6 Å². The van der Waals surface area contributed by atoms with Crippen LogP contribution in [0, 0.1) is 0 Å². The molecule has 0 unspecified atom stereocenters. The number of rotatable bonds is 7. The molecule has 0 saturated carbocycles. The monoisotopic (exact) mass is 409 g/mol. The molecule has 0 spiro atoms. The zero-order chi connectivity index (χ0) is 18.4. The third-order valence-electron chi connectivity index (χ3n) is 4.35. The fourth-order valence-electron chi connectivity index (χ4n) is 2.86. The summed E-state index contributed by atoms with van der Waals surface area (Å²) in [5.74, 6) is 2.36. The summed E-state index contributed by atoms with van der Waals surface area (Å²) < 4.78 is 6.96. The molecule has 1 aliphatic rings. The number of hydrogen-bond acceptors (Lipinski definition) is 7. The van der Waals surface area contributed by atoms with E-state index in [1.54, 1.807) is 30.2 Å². The maximum absolute atomic E-state index is 12.4. The molecule has 0 bridgehead atoms. The standard InChI is InChI=1S/C18H23N3O2S3/c1-13-5-3-4-10-21(13)16(22)12-25-18-20-19-17(26-18)24-11-14-6-8-15(23-2)9-7-14/h6-9,13H,3-5,10-12H2,1-2H3/t13-/m0/s1.